The number of hydrogen-bond donors (Lipinski definition) is 1. The molecule has 0 aliphatic heterocycles. The number of aliphatic hydroxyl groups is 1. The fourth-order valence-electron chi connectivity index (χ4n) is 2.57. The van der Waals surface area contributed by atoms with Crippen LogP contribution in [0.3, 0.4) is 0 Å². The van der Waals surface area contributed by atoms with E-state index in [9.17, 15) is 13.0 Å². The summed E-state index contributed by atoms with van der Waals surface area (Å²) in [6, 6.07) is 0. The van der Waals surface area contributed by atoms with Crippen molar-refractivity contribution in [2.75, 3.05) is 0 Å². The molecule has 0 aromatic carbocycles. The quantitative estimate of drug-likeness (QED) is 0.290. The summed E-state index contributed by atoms with van der Waals surface area (Å²) >= 11 is 0. The van der Waals surface area contributed by atoms with Crippen molar-refractivity contribution in [2.24, 2.45) is 0 Å². The molecular weight excluding hydrogens is 311 g/mol. The molecule has 0 saturated heterocycles. The largest absolute Gasteiger partial charge is 1.00 e. The van der Waals surface area contributed by atoms with Crippen molar-refractivity contribution in [1.29, 1.82) is 0 Å². The van der Waals surface area contributed by atoms with Crippen LogP contribution in [0.25, 0.3) is 0 Å². The summed E-state index contributed by atoms with van der Waals surface area (Å²) in [6.07, 6.45) is 10.6. The van der Waals surface area contributed by atoms with E-state index < -0.39 is 15.4 Å². The molecule has 0 spiro atoms. The number of hydrogen-bond acceptors (Lipinski definition) is 4. The third-order valence-corrected chi connectivity index (χ3v) is 5.22. The minimum atomic E-state index is -4.17. The van der Waals surface area contributed by atoms with Crippen LogP contribution in [-0.2, 0) is 10.1 Å². The average molecular weight is 344 g/mol. The fourth-order valence-corrected chi connectivity index (χ4v) is 3.48. The van der Waals surface area contributed by atoms with Crippen LogP contribution in [0.2, 0.25) is 0 Å². The van der Waals surface area contributed by atoms with Gasteiger partial charge >= 0.3 is 29.6 Å². The van der Waals surface area contributed by atoms with Crippen LogP contribution in [0.4, 0.5) is 0 Å². The van der Waals surface area contributed by atoms with Crippen molar-refractivity contribution in [2.45, 2.75) is 102 Å². The average Bonchev–Trinajstić information content (AvgIpc) is 2.38. The molecule has 0 bridgehead atoms. The maximum Gasteiger partial charge on any atom is 1.00 e. The van der Waals surface area contributed by atoms with Crippen LogP contribution in [0.15, 0.2) is 0 Å². The Bertz CT molecular complexity index is 331. The fraction of sp³-hybridized carbons (Fsp3) is 1.00. The van der Waals surface area contributed by atoms with E-state index in [1.807, 2.05) is 0 Å². The molecule has 0 heterocycles. The molecule has 2 unspecified atom stereocenters. The van der Waals surface area contributed by atoms with Gasteiger partial charge in [-0.1, -0.05) is 64.7 Å². The number of rotatable bonds is 14. The van der Waals surface area contributed by atoms with Gasteiger partial charge in [-0.25, -0.2) is 8.42 Å². The Labute approximate surface area is 159 Å². The summed E-state index contributed by atoms with van der Waals surface area (Å²) < 4.78 is 33.8. The summed E-state index contributed by atoms with van der Waals surface area (Å²) in [4.78, 5) is 0. The molecule has 0 radical (unpaired) electrons. The van der Waals surface area contributed by atoms with Crippen molar-refractivity contribution in [3.05, 3.63) is 0 Å². The van der Waals surface area contributed by atoms with Gasteiger partial charge in [0, 0.05) is 5.25 Å². The van der Waals surface area contributed by atoms with Gasteiger partial charge in [-0.3, -0.25) is 0 Å². The minimum Gasteiger partial charge on any atom is -0.748 e. The monoisotopic (exact) mass is 344 g/mol. The standard InChI is InChI=1S/C16H34O4S.Na/c1-3-4-5-6-7-10-13-16(21(18,19)20)14-11-8-9-12-15(2)17;/h15-17H,3-14H2,1-2H3,(H,18,19,20);/q;+1/p-1. The molecule has 22 heavy (non-hydrogen) atoms. The summed E-state index contributed by atoms with van der Waals surface area (Å²) in [5, 5.41) is 8.44. The molecule has 128 valence electrons. The molecule has 0 aromatic rings. The van der Waals surface area contributed by atoms with Crippen LogP contribution in [-0.4, -0.2) is 29.4 Å². The van der Waals surface area contributed by atoms with Crippen molar-refractivity contribution < 1.29 is 47.6 Å². The molecule has 2 atom stereocenters. The van der Waals surface area contributed by atoms with Gasteiger partial charge in [-0.2, -0.15) is 0 Å². The van der Waals surface area contributed by atoms with E-state index in [1.165, 1.54) is 19.3 Å². The van der Waals surface area contributed by atoms with E-state index in [2.05, 4.69) is 6.92 Å². The Kier molecular flexibility index (Phi) is 17.6. The maximum absolute atomic E-state index is 11.3. The van der Waals surface area contributed by atoms with Gasteiger partial charge < -0.3 is 9.66 Å². The second-order valence-corrected chi connectivity index (χ2v) is 7.81. The second-order valence-electron chi connectivity index (χ2n) is 6.16. The molecule has 0 amide bonds. The maximum atomic E-state index is 11.3. The summed E-state index contributed by atoms with van der Waals surface area (Å²) in [7, 11) is -4.17. The van der Waals surface area contributed by atoms with Crippen LogP contribution >= 0.6 is 0 Å². The zero-order chi connectivity index (χ0) is 16.1. The Morgan fingerprint density at radius 2 is 1.27 bits per heavy atom. The molecular formula is C16H33NaO4S. The first kappa shape index (κ1) is 25.1. The van der Waals surface area contributed by atoms with Gasteiger partial charge in [0.25, 0.3) is 0 Å². The second kappa shape index (κ2) is 15.4. The van der Waals surface area contributed by atoms with Gasteiger partial charge in [0.15, 0.2) is 0 Å². The first-order chi connectivity index (χ1) is 9.88. The Hall–Kier alpha value is 0.870. The van der Waals surface area contributed by atoms with E-state index in [0.717, 1.165) is 44.9 Å². The minimum absolute atomic E-state index is 0. The Balaban J connectivity index is 0. The molecule has 0 aliphatic carbocycles. The van der Waals surface area contributed by atoms with E-state index in [-0.39, 0.29) is 35.7 Å². The van der Waals surface area contributed by atoms with Gasteiger partial charge in [0.1, 0.15) is 0 Å². The van der Waals surface area contributed by atoms with Gasteiger partial charge in [0.2, 0.25) is 0 Å². The van der Waals surface area contributed by atoms with Crippen molar-refractivity contribution in [1.82, 2.24) is 0 Å². The first-order valence-corrected chi connectivity index (χ1v) is 9.97. The van der Waals surface area contributed by atoms with Crippen LogP contribution in [0.5, 0.6) is 0 Å². The molecule has 0 fully saturated rings. The zero-order valence-electron chi connectivity index (χ0n) is 14.7. The van der Waals surface area contributed by atoms with Gasteiger partial charge in [0.05, 0.1) is 16.2 Å². The van der Waals surface area contributed by atoms with Crippen molar-refractivity contribution in [3.63, 3.8) is 0 Å². The molecule has 0 aliphatic rings. The number of aliphatic hydroxyl groups excluding tert-OH is 1. The van der Waals surface area contributed by atoms with Crippen LogP contribution in [0, 0.1) is 0 Å². The van der Waals surface area contributed by atoms with E-state index in [0.29, 0.717) is 12.8 Å². The van der Waals surface area contributed by atoms with Crippen LogP contribution in [0.1, 0.15) is 90.9 Å². The first-order valence-electron chi connectivity index (χ1n) is 8.50. The molecule has 0 rings (SSSR count). The van der Waals surface area contributed by atoms with Crippen LogP contribution < -0.4 is 29.6 Å². The normalized spacial score (nSPS) is 14.4. The van der Waals surface area contributed by atoms with Crippen molar-refractivity contribution >= 4 is 10.1 Å². The zero-order valence-corrected chi connectivity index (χ0v) is 17.5. The smallest absolute Gasteiger partial charge is 0.748 e. The van der Waals surface area contributed by atoms with E-state index in [4.69, 9.17) is 5.11 Å². The number of unbranched alkanes of at least 4 members (excludes halogenated alkanes) is 7. The van der Waals surface area contributed by atoms with E-state index >= 15 is 0 Å². The third-order valence-electron chi connectivity index (χ3n) is 3.94. The molecule has 1 N–H and O–H groups in total. The SMILES string of the molecule is CCCCCCCCC(CCCCCC(C)O)S(=O)(=O)[O-].[Na+]. The molecule has 6 heteroatoms. The Morgan fingerprint density at radius 1 is 0.864 bits per heavy atom. The van der Waals surface area contributed by atoms with Crippen molar-refractivity contribution in [3.8, 4) is 0 Å². The van der Waals surface area contributed by atoms with Gasteiger partial charge in [-0.15, -0.1) is 0 Å². The topological polar surface area (TPSA) is 77.4 Å². The molecule has 0 aromatic heterocycles. The summed E-state index contributed by atoms with van der Waals surface area (Å²) in [5.74, 6) is 0. The molecule has 4 nitrogen and oxygen atoms in total. The van der Waals surface area contributed by atoms with E-state index in [1.54, 1.807) is 6.92 Å². The summed E-state index contributed by atoms with van der Waals surface area (Å²) in [6.45, 7) is 3.92. The Morgan fingerprint density at radius 3 is 1.73 bits per heavy atom. The van der Waals surface area contributed by atoms with Gasteiger partial charge in [-0.05, 0) is 26.2 Å². The predicted molar refractivity (Wildman–Crippen MR) is 86.2 cm³/mol. The predicted octanol–water partition coefficient (Wildman–Crippen LogP) is 0.986. The summed E-state index contributed by atoms with van der Waals surface area (Å²) in [5.41, 5.74) is 0. The molecule has 0 saturated carbocycles. The third kappa shape index (κ3) is 15.8.